The zero-order valence-electron chi connectivity index (χ0n) is 15.4. The van der Waals surface area contributed by atoms with E-state index in [-0.39, 0.29) is 35.0 Å². The van der Waals surface area contributed by atoms with Crippen LogP contribution in [0.5, 0.6) is 5.75 Å². The highest BCUT2D eigenvalue weighted by Gasteiger charge is 2.49. The molecule has 0 saturated heterocycles. The van der Waals surface area contributed by atoms with Crippen molar-refractivity contribution in [1.82, 2.24) is 9.58 Å². The lowest BCUT2D eigenvalue weighted by molar-refractivity contribution is 0.0401. The van der Waals surface area contributed by atoms with E-state index in [0.29, 0.717) is 4.47 Å². The summed E-state index contributed by atoms with van der Waals surface area (Å²) in [5, 5.41) is 2.07. The third-order valence-electron chi connectivity index (χ3n) is 5.79. The molecule has 1 amide bonds. The lowest BCUT2D eigenvalue weighted by atomic mass is 10.0. The fourth-order valence-corrected chi connectivity index (χ4v) is 4.59. The predicted octanol–water partition coefficient (Wildman–Crippen LogP) is 3.11. The molecule has 2 heterocycles. The number of halogens is 1. The van der Waals surface area contributed by atoms with Gasteiger partial charge < -0.3 is 9.64 Å². The lowest BCUT2D eigenvalue weighted by Gasteiger charge is -2.51. The Bertz CT molecular complexity index is 935. The minimum Gasteiger partial charge on any atom is -0.482 e. The molecule has 0 atom stereocenters. The maximum Gasteiger partial charge on any atom is 0.278 e. The van der Waals surface area contributed by atoms with E-state index in [1.807, 2.05) is 44.4 Å². The van der Waals surface area contributed by atoms with E-state index in [9.17, 15) is 9.59 Å². The minimum atomic E-state index is -0.352. The van der Waals surface area contributed by atoms with Gasteiger partial charge in [-0.2, -0.15) is 0 Å². The van der Waals surface area contributed by atoms with Crippen LogP contribution in [0, 0.1) is 0 Å². The molecule has 0 N–H and O–H groups in total. The van der Waals surface area contributed by atoms with Crippen molar-refractivity contribution in [2.45, 2.75) is 38.0 Å². The third-order valence-corrected chi connectivity index (χ3v) is 6.36. The van der Waals surface area contributed by atoms with Crippen molar-refractivity contribution < 1.29 is 9.53 Å². The maximum atomic E-state index is 13.3. The number of aromatic nitrogens is 1. The summed E-state index contributed by atoms with van der Waals surface area (Å²) in [5.74, 6) is -0.0903. The van der Waals surface area contributed by atoms with Crippen molar-refractivity contribution in [2.24, 2.45) is 0 Å². The SMILES string of the molecule is CN1C(=O)c2c(OCc3ccccc3)c(=O)c(Br)cn2N(C)C12CCCC2. The fourth-order valence-electron chi connectivity index (χ4n) is 4.21. The number of hydrogen-bond acceptors (Lipinski definition) is 4. The van der Waals surface area contributed by atoms with Gasteiger partial charge in [0.05, 0.1) is 4.47 Å². The molecular weight excluding hydrogens is 410 g/mol. The first-order chi connectivity index (χ1) is 13.0. The molecule has 1 aromatic heterocycles. The monoisotopic (exact) mass is 431 g/mol. The van der Waals surface area contributed by atoms with Crippen LogP contribution in [-0.4, -0.2) is 35.2 Å². The molecule has 2 aliphatic rings. The smallest absolute Gasteiger partial charge is 0.278 e. The molecule has 0 bridgehead atoms. The standard InChI is InChI=1S/C20H22BrN3O3/c1-22-19(26)16-18(27-13-14-8-4-3-5-9-14)17(25)15(21)12-24(16)23(2)20(22)10-6-7-11-20/h3-5,8-9,12H,6-7,10-11,13H2,1-2H3. The topological polar surface area (TPSA) is 54.8 Å². The Morgan fingerprint density at radius 2 is 1.78 bits per heavy atom. The summed E-state index contributed by atoms with van der Waals surface area (Å²) in [4.78, 5) is 27.8. The molecule has 1 aromatic carbocycles. The van der Waals surface area contributed by atoms with Crippen LogP contribution in [0.4, 0.5) is 0 Å². The number of carbonyl (C=O) groups is 1. The average Bonchev–Trinajstić information content (AvgIpc) is 3.17. The molecule has 142 valence electrons. The number of hydrogen-bond donors (Lipinski definition) is 0. The molecule has 1 aliphatic heterocycles. The number of amides is 1. The van der Waals surface area contributed by atoms with Gasteiger partial charge in [-0.05, 0) is 47.2 Å². The molecule has 7 heteroatoms. The second-order valence-electron chi connectivity index (χ2n) is 7.18. The molecule has 1 aliphatic carbocycles. The second kappa shape index (κ2) is 6.71. The van der Waals surface area contributed by atoms with Crippen LogP contribution in [0.25, 0.3) is 0 Å². The van der Waals surface area contributed by atoms with Crippen LogP contribution in [0.2, 0.25) is 0 Å². The highest BCUT2D eigenvalue weighted by molar-refractivity contribution is 9.10. The van der Waals surface area contributed by atoms with Gasteiger partial charge in [-0.1, -0.05) is 30.3 Å². The highest BCUT2D eigenvalue weighted by Crippen LogP contribution is 2.40. The normalized spacial score (nSPS) is 18.1. The van der Waals surface area contributed by atoms with Crippen molar-refractivity contribution in [1.29, 1.82) is 0 Å². The predicted molar refractivity (Wildman–Crippen MR) is 107 cm³/mol. The Balaban J connectivity index is 1.80. The average molecular weight is 432 g/mol. The number of carbonyl (C=O) groups excluding carboxylic acids is 1. The van der Waals surface area contributed by atoms with Gasteiger partial charge in [-0.15, -0.1) is 0 Å². The molecule has 27 heavy (non-hydrogen) atoms. The first-order valence-corrected chi connectivity index (χ1v) is 9.89. The molecule has 4 rings (SSSR count). The first kappa shape index (κ1) is 18.1. The zero-order chi connectivity index (χ0) is 19.2. The zero-order valence-corrected chi connectivity index (χ0v) is 17.0. The number of fused-ring (bicyclic) bond motifs is 1. The van der Waals surface area contributed by atoms with Crippen LogP contribution < -0.4 is 15.2 Å². The van der Waals surface area contributed by atoms with Gasteiger partial charge >= 0.3 is 0 Å². The molecule has 1 fully saturated rings. The Labute approximate surface area is 166 Å². The van der Waals surface area contributed by atoms with E-state index in [1.165, 1.54) is 0 Å². The van der Waals surface area contributed by atoms with Gasteiger partial charge in [0.2, 0.25) is 5.43 Å². The summed E-state index contributed by atoms with van der Waals surface area (Å²) in [6.45, 7) is 0.228. The van der Waals surface area contributed by atoms with Gasteiger partial charge in [0.25, 0.3) is 5.91 Å². The fraction of sp³-hybridized carbons (Fsp3) is 0.400. The molecule has 1 spiro atoms. The van der Waals surface area contributed by atoms with E-state index in [4.69, 9.17) is 4.74 Å². The highest BCUT2D eigenvalue weighted by atomic mass is 79.9. The molecular formula is C20H22BrN3O3. The molecule has 0 unspecified atom stereocenters. The summed E-state index contributed by atoms with van der Waals surface area (Å²) in [6, 6.07) is 9.61. The summed E-state index contributed by atoms with van der Waals surface area (Å²) in [6.07, 6.45) is 5.66. The largest absolute Gasteiger partial charge is 0.482 e. The maximum absolute atomic E-state index is 13.3. The summed E-state index contributed by atoms with van der Waals surface area (Å²) < 4.78 is 8.04. The van der Waals surface area contributed by atoms with Crippen LogP contribution in [0.1, 0.15) is 41.7 Å². The Morgan fingerprint density at radius 3 is 2.44 bits per heavy atom. The number of benzene rings is 1. The van der Waals surface area contributed by atoms with Crippen LogP contribution in [0.15, 0.2) is 45.8 Å². The van der Waals surface area contributed by atoms with E-state index in [2.05, 4.69) is 20.9 Å². The molecule has 1 saturated carbocycles. The minimum absolute atomic E-state index is 0.0878. The van der Waals surface area contributed by atoms with Crippen LogP contribution in [-0.2, 0) is 6.61 Å². The van der Waals surface area contributed by atoms with Crippen molar-refractivity contribution >= 4 is 21.8 Å². The second-order valence-corrected chi connectivity index (χ2v) is 8.03. The van der Waals surface area contributed by atoms with Gasteiger partial charge in [0, 0.05) is 20.3 Å². The van der Waals surface area contributed by atoms with Gasteiger partial charge in [-0.25, -0.2) is 0 Å². The van der Waals surface area contributed by atoms with Crippen molar-refractivity contribution in [2.75, 3.05) is 19.1 Å². The molecule has 2 aromatic rings. The summed E-state index contributed by atoms with van der Waals surface area (Å²) >= 11 is 3.35. The summed E-state index contributed by atoms with van der Waals surface area (Å²) in [5.41, 5.74) is 0.555. The summed E-state index contributed by atoms with van der Waals surface area (Å²) in [7, 11) is 3.79. The Kier molecular flexibility index (Phi) is 4.50. The van der Waals surface area contributed by atoms with Crippen molar-refractivity contribution in [3.05, 3.63) is 62.5 Å². The van der Waals surface area contributed by atoms with E-state index < -0.39 is 0 Å². The third kappa shape index (κ3) is 2.76. The van der Waals surface area contributed by atoms with E-state index >= 15 is 0 Å². The number of rotatable bonds is 3. The quantitative estimate of drug-likeness (QED) is 0.748. The van der Waals surface area contributed by atoms with Gasteiger partial charge in [-0.3, -0.25) is 19.3 Å². The van der Waals surface area contributed by atoms with Gasteiger partial charge in [0.1, 0.15) is 12.3 Å². The Hall–Kier alpha value is -2.28. The lowest BCUT2D eigenvalue weighted by Crippen LogP contribution is -2.66. The van der Waals surface area contributed by atoms with E-state index in [0.717, 1.165) is 31.2 Å². The molecule has 6 nitrogen and oxygen atoms in total. The van der Waals surface area contributed by atoms with Gasteiger partial charge in [0.15, 0.2) is 11.4 Å². The Morgan fingerprint density at radius 1 is 1.11 bits per heavy atom. The van der Waals surface area contributed by atoms with Crippen molar-refractivity contribution in [3.63, 3.8) is 0 Å². The number of nitrogens with zero attached hydrogens (tertiary/aromatic N) is 3. The first-order valence-electron chi connectivity index (χ1n) is 9.10. The number of ether oxygens (including phenoxy) is 1. The van der Waals surface area contributed by atoms with E-state index in [1.54, 1.807) is 15.8 Å². The van der Waals surface area contributed by atoms with Crippen LogP contribution >= 0.6 is 15.9 Å². The van der Waals surface area contributed by atoms with Crippen molar-refractivity contribution in [3.8, 4) is 5.75 Å². The molecule has 0 radical (unpaired) electrons. The number of pyridine rings is 1. The van der Waals surface area contributed by atoms with Crippen LogP contribution in [0.3, 0.4) is 0 Å².